The number of thiophene rings is 4. The molecular formula is C43H22O2S6. The third kappa shape index (κ3) is 4.12. The van der Waals surface area contributed by atoms with Crippen LogP contribution in [0.3, 0.4) is 0 Å². The van der Waals surface area contributed by atoms with E-state index in [9.17, 15) is 9.59 Å². The summed E-state index contributed by atoms with van der Waals surface area (Å²) >= 11 is 19.3. The Labute approximate surface area is 318 Å². The van der Waals surface area contributed by atoms with E-state index < -0.39 is 0 Å². The fourth-order valence-corrected chi connectivity index (χ4v) is 14.8. The summed E-state index contributed by atoms with van der Waals surface area (Å²) < 4.78 is 7.89. The maximum absolute atomic E-state index is 13.6. The lowest BCUT2D eigenvalue weighted by molar-refractivity contribution is 0.0988. The molecule has 0 N–H and O–H groups in total. The number of Topliss-reactive ketones (excluding diaryl/α,β-unsaturated/α-hetero) is 2. The third-order valence-corrected chi connectivity index (χ3v) is 16.8. The van der Waals surface area contributed by atoms with Crippen molar-refractivity contribution in [2.24, 2.45) is 0 Å². The number of fused-ring (bicyclic) bond motifs is 11. The van der Waals surface area contributed by atoms with Crippen LogP contribution in [0.2, 0.25) is 0 Å². The van der Waals surface area contributed by atoms with Crippen LogP contribution in [0.4, 0.5) is 0 Å². The Hall–Kier alpha value is -4.28. The molecule has 3 aliphatic carbocycles. The predicted molar refractivity (Wildman–Crippen MR) is 227 cm³/mol. The van der Waals surface area contributed by atoms with Crippen LogP contribution in [0.15, 0.2) is 102 Å². The van der Waals surface area contributed by atoms with Gasteiger partial charge in [-0.15, -0.1) is 45.3 Å². The molecule has 0 saturated heterocycles. The largest absolute Gasteiger partial charge is 0.288 e. The van der Waals surface area contributed by atoms with E-state index >= 15 is 0 Å². The highest BCUT2D eigenvalue weighted by atomic mass is 32.1. The van der Waals surface area contributed by atoms with E-state index in [2.05, 4.69) is 68.5 Å². The first-order valence-electron chi connectivity index (χ1n) is 16.5. The van der Waals surface area contributed by atoms with Crippen molar-refractivity contribution in [3.05, 3.63) is 139 Å². The molecule has 0 atom stereocenters. The van der Waals surface area contributed by atoms with Crippen molar-refractivity contribution in [3.8, 4) is 0 Å². The molecule has 0 bridgehead atoms. The summed E-state index contributed by atoms with van der Waals surface area (Å²) in [6.07, 6.45) is 6.24. The first-order chi connectivity index (χ1) is 24.7. The molecule has 8 aromatic rings. The van der Waals surface area contributed by atoms with Gasteiger partial charge in [-0.1, -0.05) is 86.8 Å². The minimum Gasteiger partial charge on any atom is -0.288 e. The van der Waals surface area contributed by atoms with Crippen LogP contribution in [0.1, 0.15) is 61.0 Å². The predicted octanol–water partition coefficient (Wildman–Crippen LogP) is 12.9. The minimum absolute atomic E-state index is 0.184. The highest BCUT2D eigenvalue weighted by Gasteiger charge is 2.40. The fourth-order valence-electron chi connectivity index (χ4n) is 7.94. The lowest BCUT2D eigenvalue weighted by Gasteiger charge is -2.22. The Balaban J connectivity index is 0.954. The van der Waals surface area contributed by atoms with E-state index in [1.165, 1.54) is 49.4 Å². The molecule has 4 heterocycles. The average Bonchev–Trinajstić information content (AvgIpc) is 3.96. The number of allylic oxidation sites excluding steroid dienone is 4. The summed E-state index contributed by atoms with van der Waals surface area (Å²) in [4.78, 5) is 31.2. The van der Waals surface area contributed by atoms with E-state index in [0.29, 0.717) is 11.1 Å². The van der Waals surface area contributed by atoms with Gasteiger partial charge < -0.3 is 0 Å². The van der Waals surface area contributed by atoms with Crippen LogP contribution < -0.4 is 0 Å². The lowest BCUT2D eigenvalue weighted by Crippen LogP contribution is -2.16. The smallest absolute Gasteiger partial charge is 0.197 e. The van der Waals surface area contributed by atoms with E-state index in [1.807, 2.05) is 87.8 Å². The Morgan fingerprint density at radius 3 is 1.69 bits per heavy atom. The zero-order valence-electron chi connectivity index (χ0n) is 27.0. The van der Waals surface area contributed by atoms with Gasteiger partial charge in [0.2, 0.25) is 0 Å². The fraction of sp³-hybridized carbons (Fsp3) is 0.0698. The van der Waals surface area contributed by atoms with Crippen molar-refractivity contribution in [2.75, 3.05) is 0 Å². The van der Waals surface area contributed by atoms with Crippen molar-refractivity contribution < 1.29 is 9.59 Å². The van der Waals surface area contributed by atoms with Crippen LogP contribution >= 0.6 is 69.8 Å². The number of hydrogen-bond acceptors (Lipinski definition) is 8. The van der Waals surface area contributed by atoms with Crippen molar-refractivity contribution in [1.82, 2.24) is 0 Å². The second-order valence-corrected chi connectivity index (χ2v) is 18.9. The third-order valence-electron chi connectivity index (χ3n) is 10.6. The van der Waals surface area contributed by atoms with E-state index in [1.54, 1.807) is 0 Å². The normalized spacial score (nSPS) is 16.4. The van der Waals surface area contributed by atoms with Crippen molar-refractivity contribution in [3.63, 3.8) is 0 Å². The molecule has 0 spiro atoms. The molecule has 0 saturated carbocycles. The van der Waals surface area contributed by atoms with Gasteiger partial charge in [0.25, 0.3) is 0 Å². The van der Waals surface area contributed by atoms with Gasteiger partial charge in [0.05, 0.1) is 38.8 Å². The van der Waals surface area contributed by atoms with Gasteiger partial charge in [-0.05, 0) is 81.2 Å². The molecule has 2 nitrogen and oxygen atoms in total. The maximum atomic E-state index is 13.6. The molecule has 4 aromatic carbocycles. The molecule has 11 rings (SSSR count). The number of rotatable bonds is 2. The van der Waals surface area contributed by atoms with Crippen LogP contribution in [0.25, 0.3) is 61.9 Å². The first-order valence-corrected chi connectivity index (χ1v) is 20.6. The van der Waals surface area contributed by atoms with Crippen LogP contribution in [-0.4, -0.2) is 21.3 Å². The zero-order valence-corrected chi connectivity index (χ0v) is 31.9. The molecule has 4 aromatic heterocycles. The SMILES string of the molecule is CC1(C)C(C=C2C(=O)c3cc4ccccc4cc3C2=O)=Cc2sc3c(sc4c5sc(C=C6C(=S)c7cc8ccccc8cc7C6=S)cc5sc34)c21. The summed E-state index contributed by atoms with van der Waals surface area (Å²) in [5.41, 5.74) is 6.28. The monoisotopic (exact) mass is 762 g/mol. The maximum Gasteiger partial charge on any atom is 0.197 e. The number of carbonyl (C=O) groups excluding carboxylic acids is 2. The molecule has 3 aliphatic rings. The molecule has 0 fully saturated rings. The van der Waals surface area contributed by atoms with Crippen molar-refractivity contribution in [2.45, 2.75) is 19.3 Å². The average molecular weight is 763 g/mol. The number of carbonyl (C=O) groups is 2. The van der Waals surface area contributed by atoms with Crippen molar-refractivity contribution >= 4 is 153 Å². The van der Waals surface area contributed by atoms with Gasteiger partial charge in [0.15, 0.2) is 11.6 Å². The Bertz CT molecular complexity index is 3010. The summed E-state index contributed by atoms with van der Waals surface area (Å²) in [6.45, 7) is 4.43. The molecule has 242 valence electrons. The van der Waals surface area contributed by atoms with Crippen molar-refractivity contribution in [1.29, 1.82) is 0 Å². The summed E-state index contributed by atoms with van der Waals surface area (Å²) in [5, 5.41) is 4.28. The number of thiocarbonyl (C=S) groups is 2. The number of ketones is 2. The van der Waals surface area contributed by atoms with Gasteiger partial charge in [-0.2, -0.15) is 0 Å². The Kier molecular flexibility index (Phi) is 6.20. The highest BCUT2D eigenvalue weighted by Crippen LogP contribution is 2.57. The highest BCUT2D eigenvalue weighted by molar-refractivity contribution is 7.84. The van der Waals surface area contributed by atoms with Gasteiger partial charge in [0, 0.05) is 47.7 Å². The van der Waals surface area contributed by atoms with E-state index in [-0.39, 0.29) is 22.6 Å². The molecule has 0 aliphatic heterocycles. The van der Waals surface area contributed by atoms with Crippen LogP contribution in [0, 0.1) is 0 Å². The second kappa shape index (κ2) is 10.4. The van der Waals surface area contributed by atoms with Gasteiger partial charge in [-0.3, -0.25) is 9.59 Å². The van der Waals surface area contributed by atoms with Gasteiger partial charge in [0.1, 0.15) is 0 Å². The molecule has 0 unspecified atom stereocenters. The summed E-state index contributed by atoms with van der Waals surface area (Å²) in [7, 11) is 0. The van der Waals surface area contributed by atoms with E-state index in [4.69, 9.17) is 24.4 Å². The molecule has 51 heavy (non-hydrogen) atoms. The lowest BCUT2D eigenvalue weighted by atomic mass is 9.81. The molecule has 0 amide bonds. The zero-order chi connectivity index (χ0) is 34.5. The first kappa shape index (κ1) is 30.4. The van der Waals surface area contributed by atoms with Crippen LogP contribution in [-0.2, 0) is 5.41 Å². The van der Waals surface area contributed by atoms with Gasteiger partial charge >= 0.3 is 0 Å². The standard InChI is InChI=1S/C43H22O2S6/c1-43(2)23(15-29-34(44)25-11-19-7-3-4-8-20(19)12-26(25)35(29)45)16-31-33(43)39-41(49-31)42-40(51-39)38-32(50-42)18-24(48-38)17-30-36(46)27-13-21-9-5-6-10-22(21)14-28(27)37(30)47/h3-18H,1-2H3. The molecule has 0 radical (unpaired) electrons. The Morgan fingerprint density at radius 2 is 1.10 bits per heavy atom. The van der Waals surface area contributed by atoms with Crippen LogP contribution in [0.5, 0.6) is 0 Å². The minimum atomic E-state index is -0.356. The quantitative estimate of drug-likeness (QED) is 0.0998. The molecule has 8 heteroatoms. The number of benzene rings is 4. The summed E-state index contributed by atoms with van der Waals surface area (Å²) in [5.74, 6) is -0.367. The Morgan fingerprint density at radius 1 is 0.569 bits per heavy atom. The molecular weight excluding hydrogens is 741 g/mol. The second-order valence-electron chi connectivity index (χ2n) is 13.9. The summed E-state index contributed by atoms with van der Waals surface area (Å²) in [6, 6.07) is 26.6. The topological polar surface area (TPSA) is 34.1 Å². The number of hydrogen-bond donors (Lipinski definition) is 0. The van der Waals surface area contributed by atoms with E-state index in [0.717, 1.165) is 47.7 Å². The van der Waals surface area contributed by atoms with Gasteiger partial charge in [-0.25, -0.2) is 0 Å².